The van der Waals surface area contributed by atoms with Crippen LogP contribution < -0.4 is 27.4 Å². The van der Waals surface area contributed by atoms with E-state index in [4.69, 9.17) is 5.73 Å². The smallest absolute Gasteiger partial charge is 0.273 e. The van der Waals surface area contributed by atoms with E-state index in [9.17, 15) is 19.2 Å². The van der Waals surface area contributed by atoms with Crippen LogP contribution in [0.1, 0.15) is 27.6 Å². The highest BCUT2D eigenvalue weighted by molar-refractivity contribution is 6.02. The van der Waals surface area contributed by atoms with Gasteiger partial charge in [0.2, 0.25) is 10.9 Å². The number of fused-ring (bicyclic) bond motifs is 1. The molecule has 3 N–H and O–H groups in total. The number of hydrogen-bond acceptors (Lipinski definition) is 6. The second-order valence-corrected chi connectivity index (χ2v) is 5.46. The Balaban J connectivity index is 1.98. The molecule has 0 radical (unpaired) electrons. The van der Waals surface area contributed by atoms with Gasteiger partial charge in [0.05, 0.1) is 5.56 Å². The van der Waals surface area contributed by atoms with Gasteiger partial charge < -0.3 is 5.73 Å². The number of carbonyl (C=O) groups excluding carboxylic acids is 2. The van der Waals surface area contributed by atoms with Crippen molar-refractivity contribution in [3.05, 3.63) is 79.4 Å². The molecule has 0 fully saturated rings. The molecule has 0 aromatic heterocycles. The minimum absolute atomic E-state index is 0.0877. The van der Waals surface area contributed by atoms with Crippen molar-refractivity contribution in [3.63, 3.8) is 0 Å². The maximum Gasteiger partial charge on any atom is 0.273 e. The first-order chi connectivity index (χ1) is 11.9. The van der Waals surface area contributed by atoms with Crippen LogP contribution in [0.15, 0.2) is 57.2 Å². The molecule has 7 nitrogen and oxygen atoms in total. The Morgan fingerprint density at radius 2 is 1.60 bits per heavy atom. The van der Waals surface area contributed by atoms with Crippen LogP contribution in [-0.4, -0.2) is 11.7 Å². The number of carbonyl (C=O) groups is 2. The summed E-state index contributed by atoms with van der Waals surface area (Å²) in [5.41, 5.74) is 7.41. The first-order valence-corrected chi connectivity index (χ1v) is 7.37. The van der Waals surface area contributed by atoms with E-state index in [-0.39, 0.29) is 33.2 Å². The van der Waals surface area contributed by atoms with Gasteiger partial charge in [0.1, 0.15) is 0 Å². The van der Waals surface area contributed by atoms with Gasteiger partial charge in [0.25, 0.3) is 5.91 Å². The number of nitrogens with one attached hydrogen (secondary N) is 1. The minimum Gasteiger partial charge on any atom is -0.398 e. The summed E-state index contributed by atoms with van der Waals surface area (Å²) in [4.78, 5) is 47.8. The molecule has 1 amide bonds. The zero-order valence-corrected chi connectivity index (χ0v) is 13.2. The van der Waals surface area contributed by atoms with Crippen LogP contribution in [0.5, 0.6) is 0 Å². The van der Waals surface area contributed by atoms with Crippen molar-refractivity contribution in [2.75, 3.05) is 5.73 Å². The Kier molecular flexibility index (Phi) is 3.98. The summed E-state index contributed by atoms with van der Waals surface area (Å²) in [6.07, 6.45) is 0. The van der Waals surface area contributed by atoms with E-state index in [2.05, 4.69) is 10.5 Å². The molecule has 0 saturated heterocycles. The Morgan fingerprint density at radius 1 is 1.00 bits per heavy atom. The largest absolute Gasteiger partial charge is 0.398 e. The van der Waals surface area contributed by atoms with Crippen LogP contribution in [0.2, 0.25) is 0 Å². The summed E-state index contributed by atoms with van der Waals surface area (Å²) >= 11 is 0. The summed E-state index contributed by atoms with van der Waals surface area (Å²) < 4.78 is 0. The van der Waals surface area contributed by atoms with Crippen molar-refractivity contribution in [1.29, 1.82) is 0 Å². The van der Waals surface area contributed by atoms with Crippen LogP contribution in [0.25, 0.3) is 10.8 Å². The van der Waals surface area contributed by atoms with Gasteiger partial charge in [-0.05, 0) is 19.1 Å². The van der Waals surface area contributed by atoms with Crippen molar-refractivity contribution < 1.29 is 9.59 Å². The summed E-state index contributed by atoms with van der Waals surface area (Å²) in [6.45, 7) is 1.38. The van der Waals surface area contributed by atoms with Crippen molar-refractivity contribution >= 4 is 28.2 Å². The topological polar surface area (TPSA) is 119 Å². The second kappa shape index (κ2) is 6.12. The van der Waals surface area contributed by atoms with Crippen LogP contribution >= 0.6 is 0 Å². The molecule has 0 bridgehead atoms. The molecule has 3 aromatic carbocycles. The fraction of sp³-hybridized carbons (Fsp3) is 0.0556. The van der Waals surface area contributed by atoms with Gasteiger partial charge in [-0.2, -0.15) is 5.10 Å². The summed E-state index contributed by atoms with van der Waals surface area (Å²) in [5.74, 6) is -0.865. The van der Waals surface area contributed by atoms with E-state index in [1.54, 1.807) is 12.1 Å². The highest BCUT2D eigenvalue weighted by atomic mass is 16.2. The standard InChI is InChI=1S/C18H13N3O4/c1-9(22)10-6-7-13(14(19)8-10)18(25)21-20-15-16(23)11-4-2-3-5-12(11)17(15)24/h2-8H,19H2,1H3,(H,21,25). The van der Waals surface area contributed by atoms with E-state index in [0.717, 1.165) is 0 Å². The number of nitrogen functional groups attached to an aromatic ring is 1. The SMILES string of the molecule is CC(=O)c1ccc(C(=O)NN=c2c(=O)c3ccccc3c2=O)c(N)c1. The van der Waals surface area contributed by atoms with Crippen LogP contribution in [-0.2, 0) is 0 Å². The monoisotopic (exact) mass is 335 g/mol. The molecule has 0 saturated carbocycles. The maximum atomic E-state index is 12.2. The summed E-state index contributed by atoms with van der Waals surface area (Å²) in [7, 11) is 0. The molecule has 0 aliphatic carbocycles. The summed E-state index contributed by atoms with van der Waals surface area (Å²) in [6, 6.07) is 10.6. The number of anilines is 1. The molecule has 25 heavy (non-hydrogen) atoms. The first-order valence-electron chi connectivity index (χ1n) is 7.37. The Bertz CT molecular complexity index is 1120. The van der Waals surface area contributed by atoms with Crippen molar-refractivity contribution in [2.24, 2.45) is 5.10 Å². The number of amides is 1. The van der Waals surface area contributed by atoms with Crippen LogP contribution in [0.4, 0.5) is 5.69 Å². The highest BCUT2D eigenvalue weighted by Gasteiger charge is 2.13. The molecule has 3 aromatic rings. The Morgan fingerprint density at radius 3 is 2.12 bits per heavy atom. The number of ketones is 1. The average Bonchev–Trinajstić information content (AvgIpc) is 2.84. The van der Waals surface area contributed by atoms with Gasteiger partial charge in [-0.25, -0.2) is 5.43 Å². The zero-order valence-electron chi connectivity index (χ0n) is 13.2. The number of benzene rings is 2. The quantitative estimate of drug-likeness (QED) is 0.410. The van der Waals surface area contributed by atoms with E-state index >= 15 is 0 Å². The minimum atomic E-state index is -0.684. The van der Waals surface area contributed by atoms with Crippen molar-refractivity contribution in [2.45, 2.75) is 6.92 Å². The molecule has 0 spiro atoms. The van der Waals surface area contributed by atoms with Gasteiger partial charge in [-0.1, -0.05) is 30.3 Å². The highest BCUT2D eigenvalue weighted by Crippen LogP contribution is 2.14. The molecule has 0 unspecified atom stereocenters. The third-order valence-corrected chi connectivity index (χ3v) is 3.82. The molecule has 0 heterocycles. The third-order valence-electron chi connectivity index (χ3n) is 3.82. The number of nitrogens with zero attached hydrogens (tertiary/aromatic N) is 1. The average molecular weight is 335 g/mol. The first kappa shape index (κ1) is 16.3. The van der Waals surface area contributed by atoms with Gasteiger partial charge >= 0.3 is 0 Å². The lowest BCUT2D eigenvalue weighted by Gasteiger charge is -2.05. The normalized spacial score (nSPS) is 10.6. The Labute approximate surface area is 141 Å². The van der Waals surface area contributed by atoms with E-state index in [0.29, 0.717) is 5.56 Å². The van der Waals surface area contributed by atoms with E-state index < -0.39 is 16.8 Å². The number of Topliss-reactive ketones (excluding diaryl/α,β-unsaturated/α-hetero) is 1. The molecule has 7 heteroatoms. The summed E-state index contributed by atoms with van der Waals surface area (Å²) in [5, 5.41) is 3.83. The second-order valence-electron chi connectivity index (χ2n) is 5.46. The van der Waals surface area contributed by atoms with E-state index in [1.165, 1.54) is 37.3 Å². The Hall–Kier alpha value is -3.61. The lowest BCUT2D eigenvalue weighted by atomic mass is 10.1. The van der Waals surface area contributed by atoms with Gasteiger partial charge in [-0.3, -0.25) is 19.2 Å². The molecule has 0 aliphatic rings. The van der Waals surface area contributed by atoms with Gasteiger partial charge in [-0.15, -0.1) is 0 Å². The third kappa shape index (κ3) is 2.83. The van der Waals surface area contributed by atoms with Crippen molar-refractivity contribution in [1.82, 2.24) is 5.43 Å². The van der Waals surface area contributed by atoms with Gasteiger partial charge in [0.15, 0.2) is 11.1 Å². The lowest BCUT2D eigenvalue weighted by Crippen LogP contribution is -2.35. The molecule has 124 valence electrons. The fourth-order valence-corrected chi connectivity index (χ4v) is 2.49. The maximum absolute atomic E-state index is 12.2. The molecule has 3 rings (SSSR count). The molecular weight excluding hydrogens is 322 g/mol. The van der Waals surface area contributed by atoms with Crippen molar-refractivity contribution in [3.8, 4) is 0 Å². The predicted molar refractivity (Wildman–Crippen MR) is 92.7 cm³/mol. The molecular formula is C18H13N3O4. The molecule has 0 atom stereocenters. The number of nitrogens with two attached hydrogens (primary N) is 1. The molecule has 0 aliphatic heterocycles. The number of hydrogen-bond donors (Lipinski definition) is 2. The predicted octanol–water partition coefficient (Wildman–Crippen LogP) is 0.466. The van der Waals surface area contributed by atoms with E-state index in [1.807, 2.05) is 0 Å². The van der Waals surface area contributed by atoms with Crippen LogP contribution in [0, 0.1) is 0 Å². The zero-order chi connectivity index (χ0) is 18.1. The fourth-order valence-electron chi connectivity index (χ4n) is 2.49. The number of rotatable bonds is 3. The lowest BCUT2D eigenvalue weighted by molar-refractivity contribution is 0.0952. The van der Waals surface area contributed by atoms with Crippen LogP contribution in [0.3, 0.4) is 0 Å². The van der Waals surface area contributed by atoms with Gasteiger partial charge in [0, 0.05) is 22.0 Å².